The normalized spacial score (nSPS) is 25.6. The van der Waals surface area contributed by atoms with Gasteiger partial charge >= 0.3 is 0 Å². The summed E-state index contributed by atoms with van der Waals surface area (Å²) in [5, 5.41) is 0. The minimum atomic E-state index is 0.402. The smallest absolute Gasteiger partial charge is 0.0720 e. The van der Waals surface area contributed by atoms with Crippen LogP contribution in [-0.2, 0) is 11.3 Å². The average Bonchev–Trinajstić information content (AvgIpc) is 2.30. The summed E-state index contributed by atoms with van der Waals surface area (Å²) in [5.74, 6) is 0. The zero-order valence-electron chi connectivity index (χ0n) is 9.99. The maximum absolute atomic E-state index is 5.90. The molecule has 0 saturated heterocycles. The topological polar surface area (TPSA) is 35.2 Å². The Morgan fingerprint density at radius 3 is 2.38 bits per heavy atom. The van der Waals surface area contributed by atoms with Crippen molar-refractivity contribution < 1.29 is 4.74 Å². The van der Waals surface area contributed by atoms with Crippen molar-refractivity contribution in [3.05, 3.63) is 35.4 Å². The number of nitrogens with two attached hydrogens (primary N) is 1. The van der Waals surface area contributed by atoms with Gasteiger partial charge in [-0.1, -0.05) is 29.8 Å². The molecule has 1 saturated carbocycles. The van der Waals surface area contributed by atoms with E-state index in [1.807, 2.05) is 0 Å². The number of ether oxygens (including phenoxy) is 1. The summed E-state index contributed by atoms with van der Waals surface area (Å²) in [6.45, 7) is 2.84. The van der Waals surface area contributed by atoms with Gasteiger partial charge in [0.05, 0.1) is 12.7 Å². The first-order chi connectivity index (χ1) is 7.74. The molecule has 2 heteroatoms. The standard InChI is InChI=1S/C14H21NO/c1-11-2-4-12(5-3-11)10-16-14-8-6-13(15)7-9-14/h2-5,13-14H,6-10,15H2,1H3. The number of benzene rings is 1. The van der Waals surface area contributed by atoms with E-state index in [9.17, 15) is 0 Å². The van der Waals surface area contributed by atoms with E-state index in [0.717, 1.165) is 32.3 Å². The Labute approximate surface area is 97.8 Å². The number of rotatable bonds is 3. The molecule has 1 aromatic carbocycles. The van der Waals surface area contributed by atoms with Gasteiger partial charge in [-0.15, -0.1) is 0 Å². The molecule has 0 bridgehead atoms. The quantitative estimate of drug-likeness (QED) is 0.848. The highest BCUT2D eigenvalue weighted by atomic mass is 16.5. The maximum Gasteiger partial charge on any atom is 0.0720 e. The number of hydrogen-bond acceptors (Lipinski definition) is 2. The minimum Gasteiger partial charge on any atom is -0.374 e. The van der Waals surface area contributed by atoms with Crippen LogP contribution in [0.3, 0.4) is 0 Å². The van der Waals surface area contributed by atoms with Gasteiger partial charge in [0.1, 0.15) is 0 Å². The third kappa shape index (κ3) is 3.32. The molecule has 2 rings (SSSR count). The molecule has 0 unspecified atom stereocenters. The van der Waals surface area contributed by atoms with Crippen LogP contribution in [0.2, 0.25) is 0 Å². The summed E-state index contributed by atoms with van der Waals surface area (Å²) < 4.78 is 5.90. The molecule has 1 aliphatic carbocycles. The van der Waals surface area contributed by atoms with Gasteiger partial charge in [0, 0.05) is 6.04 Å². The molecule has 0 atom stereocenters. The molecular formula is C14H21NO. The van der Waals surface area contributed by atoms with E-state index in [1.165, 1.54) is 11.1 Å². The van der Waals surface area contributed by atoms with Gasteiger partial charge in [-0.25, -0.2) is 0 Å². The monoisotopic (exact) mass is 219 g/mol. The first kappa shape index (κ1) is 11.6. The summed E-state index contributed by atoms with van der Waals surface area (Å²) in [5.41, 5.74) is 8.43. The van der Waals surface area contributed by atoms with Gasteiger partial charge in [0.15, 0.2) is 0 Å². The molecule has 0 heterocycles. The summed E-state index contributed by atoms with van der Waals surface area (Å²) in [4.78, 5) is 0. The molecule has 2 nitrogen and oxygen atoms in total. The van der Waals surface area contributed by atoms with E-state index in [2.05, 4.69) is 31.2 Å². The second-order valence-corrected chi connectivity index (χ2v) is 4.83. The van der Waals surface area contributed by atoms with Crippen LogP contribution in [0, 0.1) is 6.92 Å². The van der Waals surface area contributed by atoms with Crippen molar-refractivity contribution in [1.29, 1.82) is 0 Å². The molecule has 1 aliphatic rings. The van der Waals surface area contributed by atoms with Crippen molar-refractivity contribution in [3.8, 4) is 0 Å². The lowest BCUT2D eigenvalue weighted by Crippen LogP contribution is -2.30. The lowest BCUT2D eigenvalue weighted by atomic mass is 9.94. The van der Waals surface area contributed by atoms with Crippen LogP contribution in [0.15, 0.2) is 24.3 Å². The summed E-state index contributed by atoms with van der Waals surface area (Å²) >= 11 is 0. The Hall–Kier alpha value is -0.860. The predicted molar refractivity (Wildman–Crippen MR) is 66.2 cm³/mol. The molecule has 1 aromatic rings. The van der Waals surface area contributed by atoms with Crippen molar-refractivity contribution in [2.45, 2.75) is 51.4 Å². The van der Waals surface area contributed by atoms with Crippen molar-refractivity contribution in [3.63, 3.8) is 0 Å². The highest BCUT2D eigenvalue weighted by molar-refractivity contribution is 5.20. The van der Waals surface area contributed by atoms with Gasteiger partial charge in [-0.05, 0) is 38.2 Å². The summed E-state index contributed by atoms with van der Waals surface area (Å²) in [6.07, 6.45) is 4.87. The first-order valence-electron chi connectivity index (χ1n) is 6.17. The van der Waals surface area contributed by atoms with Gasteiger partial charge in [0.2, 0.25) is 0 Å². The van der Waals surface area contributed by atoms with E-state index in [1.54, 1.807) is 0 Å². The van der Waals surface area contributed by atoms with E-state index in [-0.39, 0.29) is 0 Å². The molecule has 88 valence electrons. The molecule has 0 amide bonds. The summed E-state index contributed by atoms with van der Waals surface area (Å²) in [6, 6.07) is 8.96. The zero-order valence-corrected chi connectivity index (χ0v) is 9.99. The molecular weight excluding hydrogens is 198 g/mol. The maximum atomic E-state index is 5.90. The molecule has 0 aromatic heterocycles. The molecule has 0 aliphatic heterocycles. The molecule has 0 spiro atoms. The van der Waals surface area contributed by atoms with Gasteiger partial charge in [-0.2, -0.15) is 0 Å². The fourth-order valence-corrected chi connectivity index (χ4v) is 2.15. The minimum absolute atomic E-state index is 0.402. The van der Waals surface area contributed by atoms with Crippen molar-refractivity contribution in [1.82, 2.24) is 0 Å². The third-order valence-electron chi connectivity index (χ3n) is 3.33. The van der Waals surface area contributed by atoms with Crippen molar-refractivity contribution in [2.24, 2.45) is 5.73 Å². The van der Waals surface area contributed by atoms with Gasteiger partial charge < -0.3 is 10.5 Å². The second kappa shape index (κ2) is 5.46. The fraction of sp³-hybridized carbons (Fsp3) is 0.571. The lowest BCUT2D eigenvalue weighted by Gasteiger charge is -2.26. The van der Waals surface area contributed by atoms with E-state index >= 15 is 0 Å². The first-order valence-corrected chi connectivity index (χ1v) is 6.17. The van der Waals surface area contributed by atoms with Crippen LogP contribution in [-0.4, -0.2) is 12.1 Å². The Morgan fingerprint density at radius 2 is 1.75 bits per heavy atom. The van der Waals surface area contributed by atoms with E-state index < -0.39 is 0 Å². The highest BCUT2D eigenvalue weighted by Crippen LogP contribution is 2.20. The SMILES string of the molecule is Cc1ccc(COC2CCC(N)CC2)cc1. The Balaban J connectivity index is 1.77. The van der Waals surface area contributed by atoms with Gasteiger partial charge in [0.25, 0.3) is 0 Å². The van der Waals surface area contributed by atoms with Crippen LogP contribution in [0.5, 0.6) is 0 Å². The van der Waals surface area contributed by atoms with Crippen molar-refractivity contribution >= 4 is 0 Å². The van der Waals surface area contributed by atoms with E-state index in [4.69, 9.17) is 10.5 Å². The molecule has 1 fully saturated rings. The Bertz CT molecular complexity index is 312. The van der Waals surface area contributed by atoms with Crippen LogP contribution in [0.25, 0.3) is 0 Å². The molecule has 0 radical (unpaired) electrons. The molecule has 16 heavy (non-hydrogen) atoms. The summed E-state index contributed by atoms with van der Waals surface area (Å²) in [7, 11) is 0. The zero-order chi connectivity index (χ0) is 11.4. The second-order valence-electron chi connectivity index (χ2n) is 4.83. The predicted octanol–water partition coefficient (Wildman–Crippen LogP) is 2.78. The number of aryl methyl sites for hydroxylation is 1. The Kier molecular flexibility index (Phi) is 3.97. The average molecular weight is 219 g/mol. The van der Waals surface area contributed by atoms with Crippen LogP contribution in [0.1, 0.15) is 36.8 Å². The van der Waals surface area contributed by atoms with Crippen molar-refractivity contribution in [2.75, 3.05) is 0 Å². The van der Waals surface area contributed by atoms with Crippen LogP contribution >= 0.6 is 0 Å². The van der Waals surface area contributed by atoms with E-state index in [0.29, 0.717) is 12.1 Å². The Morgan fingerprint density at radius 1 is 1.12 bits per heavy atom. The largest absolute Gasteiger partial charge is 0.374 e. The third-order valence-corrected chi connectivity index (χ3v) is 3.33. The fourth-order valence-electron chi connectivity index (χ4n) is 2.15. The highest BCUT2D eigenvalue weighted by Gasteiger charge is 2.18. The van der Waals surface area contributed by atoms with Crippen LogP contribution < -0.4 is 5.73 Å². The number of hydrogen-bond donors (Lipinski definition) is 1. The van der Waals surface area contributed by atoms with Crippen LogP contribution in [0.4, 0.5) is 0 Å². The van der Waals surface area contributed by atoms with Gasteiger partial charge in [-0.3, -0.25) is 0 Å². The molecule has 2 N–H and O–H groups in total. The lowest BCUT2D eigenvalue weighted by molar-refractivity contribution is 0.0138.